The van der Waals surface area contributed by atoms with Gasteiger partial charge in [0.25, 0.3) is 0 Å². The Hall–Kier alpha value is -1.13. The van der Waals surface area contributed by atoms with E-state index < -0.39 is 0 Å². The summed E-state index contributed by atoms with van der Waals surface area (Å²) in [6.07, 6.45) is 4.58. The van der Waals surface area contributed by atoms with E-state index >= 15 is 0 Å². The molecule has 3 rings (SSSR count). The number of rotatable bonds is 2. The molecule has 2 aliphatic heterocycles. The molecule has 4 heteroatoms. The van der Waals surface area contributed by atoms with E-state index in [1.165, 1.54) is 18.4 Å². The fourth-order valence-electron chi connectivity index (χ4n) is 2.80. The molecular weight excluding hydrogens is 224 g/mol. The lowest BCUT2D eigenvalue weighted by Crippen LogP contribution is -2.44. The Morgan fingerprint density at radius 3 is 2.67 bits per heavy atom. The highest BCUT2D eigenvalue weighted by Gasteiger charge is 2.18. The van der Waals surface area contributed by atoms with Crippen LogP contribution in [0.1, 0.15) is 24.4 Å². The van der Waals surface area contributed by atoms with Gasteiger partial charge in [-0.3, -0.25) is 0 Å². The van der Waals surface area contributed by atoms with E-state index in [-0.39, 0.29) is 0 Å². The number of likely N-dealkylation sites (N-methyl/N-ethyl adjacent to an activating group) is 1. The van der Waals surface area contributed by atoms with Crippen molar-refractivity contribution in [3.63, 3.8) is 0 Å². The molecule has 0 bridgehead atoms. The van der Waals surface area contributed by atoms with E-state index in [1.807, 2.05) is 0 Å². The molecule has 0 aliphatic carbocycles. The average Bonchev–Trinajstić information content (AvgIpc) is 2.94. The zero-order chi connectivity index (χ0) is 12.4. The van der Waals surface area contributed by atoms with Crippen molar-refractivity contribution in [3.8, 4) is 0 Å². The van der Waals surface area contributed by atoms with Crippen LogP contribution in [0.25, 0.3) is 0 Å². The second-order valence-corrected chi connectivity index (χ2v) is 5.39. The predicted octanol–water partition coefficient (Wildman–Crippen LogP) is 1.26. The number of nitrogens with zero attached hydrogens (tertiary/aromatic N) is 3. The van der Waals surface area contributed by atoms with Crippen LogP contribution < -0.4 is 10.2 Å². The highest BCUT2D eigenvalue weighted by atomic mass is 15.3. The summed E-state index contributed by atoms with van der Waals surface area (Å²) in [4.78, 5) is 9.39. The van der Waals surface area contributed by atoms with E-state index in [9.17, 15) is 0 Å². The predicted molar refractivity (Wildman–Crippen MR) is 73.9 cm³/mol. The van der Waals surface area contributed by atoms with Gasteiger partial charge in [0, 0.05) is 38.4 Å². The summed E-state index contributed by atoms with van der Waals surface area (Å²) in [5.41, 5.74) is 1.34. The maximum atomic E-state index is 4.64. The third kappa shape index (κ3) is 2.49. The maximum Gasteiger partial charge on any atom is 0.128 e. The minimum absolute atomic E-state index is 0.527. The molecule has 1 unspecified atom stereocenters. The van der Waals surface area contributed by atoms with Crippen LogP contribution in [-0.4, -0.2) is 49.7 Å². The molecule has 2 saturated heterocycles. The Balaban J connectivity index is 1.67. The number of hydrogen-bond acceptors (Lipinski definition) is 4. The fraction of sp³-hybridized carbons (Fsp3) is 0.643. The minimum Gasteiger partial charge on any atom is -0.354 e. The molecule has 1 aromatic heterocycles. The molecule has 1 atom stereocenters. The Bertz CT molecular complexity index is 375. The van der Waals surface area contributed by atoms with Crippen LogP contribution >= 0.6 is 0 Å². The van der Waals surface area contributed by atoms with Crippen LogP contribution in [0.3, 0.4) is 0 Å². The molecule has 98 valence electrons. The van der Waals surface area contributed by atoms with Crippen molar-refractivity contribution in [2.45, 2.75) is 18.9 Å². The summed E-state index contributed by atoms with van der Waals surface area (Å²) in [5, 5.41) is 3.52. The van der Waals surface area contributed by atoms with Gasteiger partial charge in [0.15, 0.2) is 0 Å². The maximum absolute atomic E-state index is 4.64. The monoisotopic (exact) mass is 246 g/mol. The van der Waals surface area contributed by atoms with Crippen molar-refractivity contribution < 1.29 is 0 Å². The molecule has 3 heterocycles. The number of hydrogen-bond donors (Lipinski definition) is 1. The lowest BCUT2D eigenvalue weighted by atomic mass is 10.1. The van der Waals surface area contributed by atoms with Crippen LogP contribution in [0.5, 0.6) is 0 Å². The zero-order valence-electron chi connectivity index (χ0n) is 11.1. The minimum atomic E-state index is 0.527. The van der Waals surface area contributed by atoms with Crippen molar-refractivity contribution in [1.29, 1.82) is 0 Å². The molecule has 2 fully saturated rings. The van der Waals surface area contributed by atoms with Gasteiger partial charge < -0.3 is 15.1 Å². The van der Waals surface area contributed by atoms with Crippen LogP contribution in [-0.2, 0) is 0 Å². The van der Waals surface area contributed by atoms with E-state index in [1.54, 1.807) is 0 Å². The first kappa shape index (κ1) is 11.9. The summed E-state index contributed by atoms with van der Waals surface area (Å²) >= 11 is 0. The molecule has 2 aliphatic rings. The molecule has 1 aromatic rings. The second kappa shape index (κ2) is 5.24. The highest BCUT2D eigenvalue weighted by molar-refractivity contribution is 5.40. The quantitative estimate of drug-likeness (QED) is 0.851. The topological polar surface area (TPSA) is 31.4 Å². The molecule has 0 amide bonds. The van der Waals surface area contributed by atoms with Crippen molar-refractivity contribution in [1.82, 2.24) is 15.2 Å². The third-order valence-corrected chi connectivity index (χ3v) is 4.06. The van der Waals surface area contributed by atoms with Gasteiger partial charge in [-0.2, -0.15) is 0 Å². The largest absolute Gasteiger partial charge is 0.354 e. The first-order valence-corrected chi connectivity index (χ1v) is 6.96. The fourth-order valence-corrected chi connectivity index (χ4v) is 2.80. The van der Waals surface area contributed by atoms with E-state index in [0.29, 0.717) is 6.04 Å². The van der Waals surface area contributed by atoms with Gasteiger partial charge in [0.05, 0.1) is 0 Å². The Labute approximate surface area is 109 Å². The van der Waals surface area contributed by atoms with E-state index in [2.05, 4.69) is 45.5 Å². The van der Waals surface area contributed by atoms with E-state index in [0.717, 1.165) is 38.5 Å². The summed E-state index contributed by atoms with van der Waals surface area (Å²) < 4.78 is 0. The highest BCUT2D eigenvalue weighted by Crippen LogP contribution is 2.23. The number of aromatic nitrogens is 1. The van der Waals surface area contributed by atoms with Crippen LogP contribution in [0.4, 0.5) is 5.82 Å². The first-order valence-electron chi connectivity index (χ1n) is 6.96. The molecule has 1 N–H and O–H groups in total. The Kier molecular flexibility index (Phi) is 3.48. The number of nitrogens with one attached hydrogen (secondary N) is 1. The van der Waals surface area contributed by atoms with Gasteiger partial charge in [-0.25, -0.2) is 4.98 Å². The van der Waals surface area contributed by atoms with Crippen LogP contribution in [0, 0.1) is 0 Å². The number of pyridine rings is 1. The molecule has 0 radical (unpaired) electrons. The molecule has 4 nitrogen and oxygen atoms in total. The SMILES string of the molecule is CN1CCN(c2ccc(C3CCCN3)cn2)CC1. The van der Waals surface area contributed by atoms with Crippen LogP contribution in [0.2, 0.25) is 0 Å². The molecule has 0 spiro atoms. The van der Waals surface area contributed by atoms with Crippen molar-refractivity contribution in [3.05, 3.63) is 23.9 Å². The van der Waals surface area contributed by atoms with E-state index in [4.69, 9.17) is 0 Å². The first-order chi connectivity index (χ1) is 8.83. The summed E-state index contributed by atoms with van der Waals surface area (Å²) in [5.74, 6) is 1.13. The lowest BCUT2D eigenvalue weighted by molar-refractivity contribution is 0.312. The molecule has 18 heavy (non-hydrogen) atoms. The van der Waals surface area contributed by atoms with Crippen molar-refractivity contribution in [2.75, 3.05) is 44.7 Å². The molecule has 0 saturated carbocycles. The number of piperazine rings is 1. The van der Waals surface area contributed by atoms with Gasteiger partial charge in [0.2, 0.25) is 0 Å². The van der Waals surface area contributed by atoms with Gasteiger partial charge in [-0.15, -0.1) is 0 Å². The van der Waals surface area contributed by atoms with Crippen molar-refractivity contribution >= 4 is 5.82 Å². The van der Waals surface area contributed by atoms with Gasteiger partial charge >= 0.3 is 0 Å². The van der Waals surface area contributed by atoms with Crippen molar-refractivity contribution in [2.24, 2.45) is 0 Å². The van der Waals surface area contributed by atoms with Gasteiger partial charge in [-0.05, 0) is 38.1 Å². The third-order valence-electron chi connectivity index (χ3n) is 4.06. The summed E-state index contributed by atoms with van der Waals surface area (Å²) in [6.45, 7) is 5.58. The molecular formula is C14H22N4. The Morgan fingerprint density at radius 1 is 1.22 bits per heavy atom. The summed E-state index contributed by atoms with van der Waals surface area (Å²) in [7, 11) is 2.18. The lowest BCUT2D eigenvalue weighted by Gasteiger charge is -2.33. The van der Waals surface area contributed by atoms with Gasteiger partial charge in [0.1, 0.15) is 5.82 Å². The number of anilines is 1. The standard InChI is InChI=1S/C14H22N4/c1-17-7-9-18(10-8-17)14-5-4-12(11-16-14)13-3-2-6-15-13/h4-5,11,13,15H,2-3,6-10H2,1H3. The average molecular weight is 246 g/mol. The second-order valence-electron chi connectivity index (χ2n) is 5.39. The molecule has 0 aromatic carbocycles. The Morgan fingerprint density at radius 2 is 2.06 bits per heavy atom. The summed E-state index contributed by atoms with van der Waals surface area (Å²) in [6, 6.07) is 4.95. The van der Waals surface area contributed by atoms with Crippen LogP contribution in [0.15, 0.2) is 18.3 Å². The van der Waals surface area contributed by atoms with Gasteiger partial charge in [-0.1, -0.05) is 6.07 Å². The zero-order valence-corrected chi connectivity index (χ0v) is 11.1. The smallest absolute Gasteiger partial charge is 0.128 e. The normalized spacial score (nSPS) is 25.6.